The first-order valence-electron chi connectivity index (χ1n) is 21.7. The summed E-state index contributed by atoms with van der Waals surface area (Å²) in [6, 6.07) is 47.4. The molecule has 7 aromatic carbocycles. The average molecular weight is 781 g/mol. The summed E-state index contributed by atoms with van der Waals surface area (Å²) >= 11 is 0. The van der Waals surface area contributed by atoms with Crippen LogP contribution >= 0.6 is 0 Å². The molecule has 4 nitrogen and oxygen atoms in total. The average Bonchev–Trinajstić information content (AvgIpc) is 3.81. The minimum atomic E-state index is -0.254. The number of hydrogen-bond donors (Lipinski definition) is 0. The Kier molecular flexibility index (Phi) is 7.13. The van der Waals surface area contributed by atoms with Gasteiger partial charge in [-0.1, -0.05) is 121 Å². The summed E-state index contributed by atoms with van der Waals surface area (Å²) in [5.41, 5.74) is 18.8. The van der Waals surface area contributed by atoms with Gasteiger partial charge in [0.1, 0.15) is 22.4 Å². The van der Waals surface area contributed by atoms with Crippen molar-refractivity contribution in [3.63, 3.8) is 0 Å². The molecule has 0 N–H and O–H groups in total. The predicted octanol–water partition coefficient (Wildman–Crippen LogP) is 14.1. The highest BCUT2D eigenvalue weighted by molar-refractivity contribution is 6.93. The molecule has 60 heavy (non-hydrogen) atoms. The Morgan fingerprint density at radius 1 is 0.583 bits per heavy atom. The summed E-state index contributed by atoms with van der Waals surface area (Å²) in [7, 11) is 0. The van der Waals surface area contributed by atoms with Crippen LogP contribution in [0.4, 0.5) is 28.4 Å². The van der Waals surface area contributed by atoms with Crippen molar-refractivity contribution in [2.75, 3.05) is 9.71 Å². The maximum Gasteiger partial charge on any atom is 0.375 e. The normalized spacial score (nSPS) is 16.4. The minimum absolute atomic E-state index is 0.0205. The van der Waals surface area contributed by atoms with Gasteiger partial charge in [0.15, 0.2) is 0 Å². The zero-order valence-corrected chi connectivity index (χ0v) is 35.8. The van der Waals surface area contributed by atoms with Crippen LogP contribution in [0.3, 0.4) is 0 Å². The number of anilines is 5. The monoisotopic (exact) mass is 780 g/mol. The van der Waals surface area contributed by atoms with Crippen molar-refractivity contribution >= 4 is 90.1 Å². The zero-order valence-electron chi connectivity index (χ0n) is 35.8. The number of hydrogen-bond acceptors (Lipinski definition) is 4. The molecule has 0 spiro atoms. The van der Waals surface area contributed by atoms with Gasteiger partial charge < -0.3 is 18.5 Å². The predicted molar refractivity (Wildman–Crippen MR) is 253 cm³/mol. The lowest BCUT2D eigenvalue weighted by atomic mass is 9.45. The van der Waals surface area contributed by atoms with Gasteiger partial charge >= 0.3 is 6.85 Å². The third kappa shape index (κ3) is 4.81. The van der Waals surface area contributed by atoms with E-state index in [0.29, 0.717) is 0 Å². The van der Waals surface area contributed by atoms with Gasteiger partial charge in [0.2, 0.25) is 0 Å². The van der Waals surface area contributed by atoms with Crippen LogP contribution in [0.1, 0.15) is 83.6 Å². The van der Waals surface area contributed by atoms with Gasteiger partial charge in [0.05, 0.1) is 5.69 Å². The maximum absolute atomic E-state index is 7.32. The smallest absolute Gasteiger partial charge is 0.375 e. The van der Waals surface area contributed by atoms with Crippen molar-refractivity contribution in [2.24, 2.45) is 0 Å². The van der Waals surface area contributed by atoms with Gasteiger partial charge in [-0.3, -0.25) is 0 Å². The highest BCUT2D eigenvalue weighted by atomic mass is 16.3. The van der Waals surface area contributed by atoms with Gasteiger partial charge in [-0.2, -0.15) is 0 Å². The van der Waals surface area contributed by atoms with Crippen LogP contribution in [0.15, 0.2) is 136 Å². The third-order valence-corrected chi connectivity index (χ3v) is 14.4. The van der Waals surface area contributed by atoms with Gasteiger partial charge in [-0.25, -0.2) is 0 Å². The molecule has 2 aromatic heterocycles. The summed E-state index contributed by atoms with van der Waals surface area (Å²) < 4.78 is 14.0. The largest absolute Gasteiger partial charge is 0.466 e. The van der Waals surface area contributed by atoms with E-state index in [-0.39, 0.29) is 23.1 Å². The van der Waals surface area contributed by atoms with E-state index in [4.69, 9.17) is 8.83 Å². The van der Waals surface area contributed by atoms with Crippen LogP contribution in [0.5, 0.6) is 0 Å². The van der Waals surface area contributed by atoms with Gasteiger partial charge in [0, 0.05) is 44.5 Å². The molecule has 0 fully saturated rings. The molecule has 0 radical (unpaired) electrons. The Hall–Kier alpha value is -6.20. The van der Waals surface area contributed by atoms with Gasteiger partial charge in [0.25, 0.3) is 0 Å². The fourth-order valence-corrected chi connectivity index (χ4v) is 11.1. The lowest BCUT2D eigenvalue weighted by Crippen LogP contribution is -2.61. The molecule has 0 saturated heterocycles. The van der Waals surface area contributed by atoms with Gasteiger partial charge in [-0.05, 0) is 135 Å². The molecule has 9 aromatic rings. The van der Waals surface area contributed by atoms with Crippen molar-refractivity contribution in [1.82, 2.24) is 0 Å². The maximum atomic E-state index is 7.32. The molecule has 0 atom stereocenters. The molecule has 12 rings (SSSR count). The Labute approximate surface area is 352 Å². The van der Waals surface area contributed by atoms with E-state index in [1.807, 2.05) is 0 Å². The lowest BCUT2D eigenvalue weighted by molar-refractivity contribution is 0.332. The Morgan fingerprint density at radius 3 is 1.93 bits per heavy atom. The first kappa shape index (κ1) is 35.7. The number of furan rings is 2. The fourth-order valence-electron chi connectivity index (χ4n) is 11.1. The van der Waals surface area contributed by atoms with Crippen molar-refractivity contribution < 1.29 is 8.83 Å². The SMILES string of the molecule is Cc1cc2c(cc1N1c3cc4ccccc4c4c3B(c3oc5ccccc5c31)N(c1ccc(C(C)(C)C)cc1)c1ccc3oc5ccccc5c3c1-4)C(C)(C)CCC2(C)C. The highest BCUT2D eigenvalue weighted by Crippen LogP contribution is 2.55. The molecular formula is C55H49BN2O2. The second kappa shape index (κ2) is 12.0. The number of para-hydroxylation sites is 2. The topological polar surface area (TPSA) is 32.8 Å². The summed E-state index contributed by atoms with van der Waals surface area (Å²) in [6.07, 6.45) is 2.33. The zero-order chi connectivity index (χ0) is 41.0. The summed E-state index contributed by atoms with van der Waals surface area (Å²) in [4.78, 5) is 5.14. The van der Waals surface area contributed by atoms with Crippen molar-refractivity contribution in [3.05, 3.63) is 150 Å². The summed E-state index contributed by atoms with van der Waals surface area (Å²) in [5.74, 6) is 0. The first-order valence-corrected chi connectivity index (χ1v) is 21.7. The van der Waals surface area contributed by atoms with Crippen LogP contribution < -0.4 is 20.8 Å². The standard InChI is InChI=1S/C55H49BN2O2/c1-32-29-39-40(55(7,8)28-27-54(39,5)6)31-42(32)57-43-30-33-15-9-10-16-36(33)48-49-41(25-26-46-47(49)37-17-11-13-19-44(37)59-46)58(35-23-21-34(22-24-35)53(2,3)4)56(50(43)48)52-51(57)38-18-12-14-20-45(38)60-52/h9-26,29-31H,27-28H2,1-8H3. The molecule has 2 aliphatic heterocycles. The lowest BCUT2D eigenvalue weighted by Gasteiger charge is -2.46. The highest BCUT2D eigenvalue weighted by Gasteiger charge is 2.50. The second-order valence-corrected chi connectivity index (χ2v) is 20.0. The van der Waals surface area contributed by atoms with Crippen LogP contribution in [0.2, 0.25) is 0 Å². The van der Waals surface area contributed by atoms with E-state index in [1.165, 1.54) is 67.4 Å². The van der Waals surface area contributed by atoms with E-state index < -0.39 is 0 Å². The van der Waals surface area contributed by atoms with Crippen molar-refractivity contribution in [1.29, 1.82) is 0 Å². The van der Waals surface area contributed by atoms with Crippen LogP contribution in [0.25, 0.3) is 54.8 Å². The number of rotatable bonds is 2. The van der Waals surface area contributed by atoms with E-state index in [2.05, 4.69) is 192 Å². The Balaban J connectivity index is 1.26. The molecule has 1 aliphatic carbocycles. The van der Waals surface area contributed by atoms with Gasteiger partial charge in [-0.15, -0.1) is 0 Å². The van der Waals surface area contributed by atoms with Crippen LogP contribution in [-0.2, 0) is 16.2 Å². The van der Waals surface area contributed by atoms with E-state index in [1.54, 1.807) is 0 Å². The Bertz CT molecular complexity index is 3280. The second-order valence-electron chi connectivity index (χ2n) is 20.0. The van der Waals surface area contributed by atoms with E-state index in [0.717, 1.165) is 62.1 Å². The van der Waals surface area contributed by atoms with Crippen LogP contribution in [0, 0.1) is 6.92 Å². The third-order valence-electron chi connectivity index (χ3n) is 14.4. The van der Waals surface area contributed by atoms with E-state index >= 15 is 0 Å². The quantitative estimate of drug-likeness (QED) is 0.164. The number of fused-ring (bicyclic) bond motifs is 13. The molecule has 0 unspecified atom stereocenters. The van der Waals surface area contributed by atoms with Crippen molar-refractivity contribution in [2.45, 2.75) is 84.5 Å². The summed E-state index contributed by atoms with van der Waals surface area (Å²) in [5, 5.41) is 5.83. The molecular weight excluding hydrogens is 731 g/mol. The summed E-state index contributed by atoms with van der Waals surface area (Å²) in [6.45, 7) is 18.6. The van der Waals surface area contributed by atoms with Crippen molar-refractivity contribution in [3.8, 4) is 11.1 Å². The molecule has 3 aliphatic rings. The molecule has 4 heterocycles. The first-order chi connectivity index (χ1) is 28.8. The minimum Gasteiger partial charge on any atom is -0.466 e. The molecule has 0 saturated carbocycles. The van der Waals surface area contributed by atoms with E-state index in [9.17, 15) is 0 Å². The number of nitrogens with zero attached hydrogens (tertiary/aromatic N) is 2. The number of aryl methyl sites for hydroxylation is 1. The molecule has 5 heteroatoms. The fraction of sp³-hybridized carbons (Fsp3) is 0.236. The van der Waals surface area contributed by atoms with Crippen LogP contribution in [-0.4, -0.2) is 6.85 Å². The molecule has 294 valence electrons. The Morgan fingerprint density at radius 2 is 1.22 bits per heavy atom. The number of benzene rings is 7. The molecule has 0 amide bonds. The molecule has 0 bridgehead atoms.